The number of para-hydroxylation sites is 1. The summed E-state index contributed by atoms with van der Waals surface area (Å²) in [5.41, 5.74) is 2.84. The summed E-state index contributed by atoms with van der Waals surface area (Å²) in [4.78, 5) is 29.4. The maximum atomic E-state index is 12.8. The predicted octanol–water partition coefficient (Wildman–Crippen LogP) is 3.34. The van der Waals surface area contributed by atoms with Gasteiger partial charge in [-0.3, -0.25) is 9.59 Å². The molecule has 5 nitrogen and oxygen atoms in total. The van der Waals surface area contributed by atoms with Crippen molar-refractivity contribution in [2.75, 3.05) is 23.8 Å². The highest BCUT2D eigenvalue weighted by molar-refractivity contribution is 6.08. The number of rotatable bonds is 2. The van der Waals surface area contributed by atoms with E-state index >= 15 is 0 Å². The molecule has 4 rings (SSSR count). The van der Waals surface area contributed by atoms with E-state index in [1.165, 1.54) is 0 Å². The monoisotopic (exact) mass is 335 g/mol. The zero-order chi connectivity index (χ0) is 17.4. The van der Waals surface area contributed by atoms with Gasteiger partial charge in [0, 0.05) is 24.8 Å². The van der Waals surface area contributed by atoms with Crippen LogP contribution in [0.5, 0.6) is 0 Å². The second-order valence-corrected chi connectivity index (χ2v) is 6.64. The molecule has 0 spiro atoms. The van der Waals surface area contributed by atoms with Crippen molar-refractivity contribution in [3.8, 4) is 0 Å². The SMILES string of the molecule is CN1c2cc(C(=O)Nc3ccccc3)ccc2C(=O)N2CCCC[C@@H]21. The van der Waals surface area contributed by atoms with Crippen molar-refractivity contribution in [1.82, 2.24) is 4.90 Å². The Morgan fingerprint density at radius 3 is 2.72 bits per heavy atom. The second-order valence-electron chi connectivity index (χ2n) is 6.64. The van der Waals surface area contributed by atoms with E-state index in [4.69, 9.17) is 0 Å². The fourth-order valence-electron chi connectivity index (χ4n) is 3.74. The van der Waals surface area contributed by atoms with Crippen LogP contribution >= 0.6 is 0 Å². The van der Waals surface area contributed by atoms with Gasteiger partial charge in [-0.25, -0.2) is 0 Å². The molecule has 25 heavy (non-hydrogen) atoms. The highest BCUT2D eigenvalue weighted by atomic mass is 16.2. The van der Waals surface area contributed by atoms with Crippen molar-refractivity contribution in [1.29, 1.82) is 0 Å². The number of benzene rings is 2. The van der Waals surface area contributed by atoms with E-state index in [0.717, 1.165) is 37.2 Å². The fraction of sp³-hybridized carbons (Fsp3) is 0.300. The first-order valence-corrected chi connectivity index (χ1v) is 8.69. The van der Waals surface area contributed by atoms with Crippen LogP contribution in [0.2, 0.25) is 0 Å². The molecule has 2 aliphatic rings. The third-order valence-electron chi connectivity index (χ3n) is 5.08. The molecule has 0 aliphatic carbocycles. The Labute approximate surface area is 147 Å². The van der Waals surface area contributed by atoms with Crippen molar-refractivity contribution in [3.05, 3.63) is 59.7 Å². The number of hydrogen-bond acceptors (Lipinski definition) is 3. The molecule has 1 saturated heterocycles. The van der Waals surface area contributed by atoms with Gasteiger partial charge in [-0.2, -0.15) is 0 Å². The smallest absolute Gasteiger partial charge is 0.257 e. The van der Waals surface area contributed by atoms with Crippen molar-refractivity contribution in [2.24, 2.45) is 0 Å². The summed E-state index contributed by atoms with van der Waals surface area (Å²) in [6, 6.07) is 14.7. The lowest BCUT2D eigenvalue weighted by atomic mass is 9.97. The largest absolute Gasteiger partial charge is 0.354 e. The molecule has 128 valence electrons. The molecule has 2 aromatic rings. The summed E-state index contributed by atoms with van der Waals surface area (Å²) in [6.07, 6.45) is 3.26. The van der Waals surface area contributed by atoms with Crippen LogP contribution in [0.3, 0.4) is 0 Å². The highest BCUT2D eigenvalue weighted by Crippen LogP contribution is 2.34. The molecule has 2 heterocycles. The zero-order valence-corrected chi connectivity index (χ0v) is 14.2. The highest BCUT2D eigenvalue weighted by Gasteiger charge is 2.37. The van der Waals surface area contributed by atoms with Gasteiger partial charge >= 0.3 is 0 Å². The first-order chi connectivity index (χ1) is 12.1. The van der Waals surface area contributed by atoms with E-state index in [1.807, 2.05) is 48.3 Å². The van der Waals surface area contributed by atoms with Crippen molar-refractivity contribution < 1.29 is 9.59 Å². The van der Waals surface area contributed by atoms with Crippen LogP contribution < -0.4 is 10.2 Å². The van der Waals surface area contributed by atoms with Gasteiger partial charge < -0.3 is 15.1 Å². The van der Waals surface area contributed by atoms with Crippen LogP contribution in [0.4, 0.5) is 11.4 Å². The standard InChI is InChI=1S/C20H21N3O2/c1-22-17-13-14(19(24)21-15-7-3-2-4-8-15)10-11-16(17)20(25)23-12-6-5-9-18(22)23/h2-4,7-8,10-11,13,18H,5-6,9,12H2,1H3,(H,21,24)/t18-/m1/s1. The maximum Gasteiger partial charge on any atom is 0.257 e. The van der Waals surface area contributed by atoms with Crippen LogP contribution in [0.15, 0.2) is 48.5 Å². The number of nitrogens with zero attached hydrogens (tertiary/aromatic N) is 2. The summed E-state index contributed by atoms with van der Waals surface area (Å²) in [5.74, 6) is -0.0891. The lowest BCUT2D eigenvalue weighted by Gasteiger charge is -2.46. The minimum absolute atomic E-state index is 0.0767. The van der Waals surface area contributed by atoms with Crippen LogP contribution in [0, 0.1) is 0 Å². The Hall–Kier alpha value is -2.82. The molecule has 5 heteroatoms. The van der Waals surface area contributed by atoms with Gasteiger partial charge in [0.25, 0.3) is 11.8 Å². The lowest BCUT2D eigenvalue weighted by Crippen LogP contribution is -2.55. The summed E-state index contributed by atoms with van der Waals surface area (Å²) >= 11 is 0. The number of amides is 2. The fourth-order valence-corrected chi connectivity index (χ4v) is 3.74. The zero-order valence-electron chi connectivity index (χ0n) is 14.2. The van der Waals surface area contributed by atoms with Crippen molar-refractivity contribution in [2.45, 2.75) is 25.4 Å². The number of nitrogens with one attached hydrogen (secondary N) is 1. The molecule has 2 aromatic carbocycles. The number of anilines is 2. The minimum Gasteiger partial charge on any atom is -0.354 e. The molecule has 2 aliphatic heterocycles. The number of hydrogen-bond donors (Lipinski definition) is 1. The van der Waals surface area contributed by atoms with E-state index in [-0.39, 0.29) is 18.0 Å². The van der Waals surface area contributed by atoms with Gasteiger partial charge in [0.2, 0.25) is 0 Å². The second kappa shape index (κ2) is 6.24. The Morgan fingerprint density at radius 1 is 1.12 bits per heavy atom. The summed E-state index contributed by atoms with van der Waals surface area (Å²) in [5, 5.41) is 2.89. The Bertz CT molecular complexity index is 819. The van der Waals surface area contributed by atoms with Crippen LogP contribution in [0.1, 0.15) is 40.0 Å². The quantitative estimate of drug-likeness (QED) is 0.916. The van der Waals surface area contributed by atoms with E-state index in [9.17, 15) is 9.59 Å². The molecule has 2 amide bonds. The molecular weight excluding hydrogens is 314 g/mol. The van der Waals surface area contributed by atoms with Crippen molar-refractivity contribution >= 4 is 23.2 Å². The normalized spacial score (nSPS) is 19.2. The van der Waals surface area contributed by atoms with Gasteiger partial charge in [0.15, 0.2) is 0 Å². The van der Waals surface area contributed by atoms with E-state index in [2.05, 4.69) is 10.2 Å². The average Bonchev–Trinajstić information content (AvgIpc) is 2.66. The number of fused-ring (bicyclic) bond motifs is 2. The topological polar surface area (TPSA) is 52.7 Å². The van der Waals surface area contributed by atoms with Crippen molar-refractivity contribution in [3.63, 3.8) is 0 Å². The van der Waals surface area contributed by atoms with E-state index in [1.54, 1.807) is 12.1 Å². The Morgan fingerprint density at radius 2 is 1.92 bits per heavy atom. The van der Waals surface area contributed by atoms with Crippen LogP contribution in [-0.4, -0.2) is 36.5 Å². The molecule has 0 saturated carbocycles. The third-order valence-corrected chi connectivity index (χ3v) is 5.08. The summed E-state index contributed by atoms with van der Waals surface area (Å²) < 4.78 is 0. The number of piperidine rings is 1. The summed E-state index contributed by atoms with van der Waals surface area (Å²) in [7, 11) is 2.01. The third kappa shape index (κ3) is 2.76. The van der Waals surface area contributed by atoms with Gasteiger partial charge in [0.05, 0.1) is 11.3 Å². The Balaban J connectivity index is 1.64. The first kappa shape index (κ1) is 15.7. The first-order valence-electron chi connectivity index (χ1n) is 8.69. The predicted molar refractivity (Wildman–Crippen MR) is 97.9 cm³/mol. The van der Waals surface area contributed by atoms with Crippen LogP contribution in [0.25, 0.3) is 0 Å². The maximum absolute atomic E-state index is 12.8. The van der Waals surface area contributed by atoms with E-state index < -0.39 is 0 Å². The molecule has 1 fully saturated rings. The average molecular weight is 335 g/mol. The molecule has 0 radical (unpaired) electrons. The van der Waals surface area contributed by atoms with E-state index in [0.29, 0.717) is 11.1 Å². The van der Waals surface area contributed by atoms with Gasteiger partial charge in [0.1, 0.15) is 6.17 Å². The number of carbonyl (C=O) groups excluding carboxylic acids is 2. The minimum atomic E-state index is -0.166. The van der Waals surface area contributed by atoms with Gasteiger partial charge in [-0.1, -0.05) is 18.2 Å². The molecule has 0 bridgehead atoms. The molecular formula is C20H21N3O2. The molecule has 0 aromatic heterocycles. The van der Waals surface area contributed by atoms with Gasteiger partial charge in [-0.15, -0.1) is 0 Å². The Kier molecular flexibility index (Phi) is 3.92. The van der Waals surface area contributed by atoms with Gasteiger partial charge in [-0.05, 0) is 49.6 Å². The summed E-state index contributed by atoms with van der Waals surface area (Å²) in [6.45, 7) is 0.809. The number of carbonyl (C=O) groups is 2. The van der Waals surface area contributed by atoms with Crippen LogP contribution in [-0.2, 0) is 0 Å². The molecule has 1 N–H and O–H groups in total. The lowest BCUT2D eigenvalue weighted by molar-refractivity contribution is 0.0589. The molecule has 0 unspecified atom stereocenters. The molecule has 1 atom stereocenters.